The molecule has 22 heavy (non-hydrogen) atoms. The van der Waals surface area contributed by atoms with Gasteiger partial charge in [0.05, 0.1) is 19.1 Å². The molecule has 0 amide bonds. The summed E-state index contributed by atoms with van der Waals surface area (Å²) in [7, 11) is 0. The van der Waals surface area contributed by atoms with Crippen LogP contribution in [-0.2, 0) is 4.74 Å². The molecule has 0 spiro atoms. The Bertz CT molecular complexity index is 775. The molecule has 0 aliphatic carbocycles. The molecule has 10 heteroatoms. The van der Waals surface area contributed by atoms with E-state index in [-0.39, 0.29) is 11.6 Å². The first-order valence-corrected chi connectivity index (χ1v) is 6.60. The Hall–Kier alpha value is -1.99. The summed E-state index contributed by atoms with van der Waals surface area (Å²) in [5.74, 6) is 2.06. The van der Waals surface area contributed by atoms with Crippen molar-refractivity contribution in [3.05, 3.63) is 12.5 Å². The molecule has 4 N–H and O–H groups in total. The van der Waals surface area contributed by atoms with E-state index in [2.05, 4.69) is 20.9 Å². The highest BCUT2D eigenvalue weighted by atomic mass is 35.5. The summed E-state index contributed by atoms with van der Waals surface area (Å²) in [6, 6.07) is 0. The number of rotatable bonds is 2. The number of fused-ring (bicyclic) bond motifs is 1. The number of nitrogen functional groups attached to an aromatic ring is 1. The van der Waals surface area contributed by atoms with E-state index in [1.807, 2.05) is 5.38 Å². The van der Waals surface area contributed by atoms with Gasteiger partial charge >= 0.3 is 0 Å². The number of ether oxygens (including phenoxy) is 1. The third-order valence-corrected chi connectivity index (χ3v) is 3.55. The van der Waals surface area contributed by atoms with Gasteiger partial charge in [0, 0.05) is 5.38 Å². The molecule has 1 fully saturated rings. The Balaban J connectivity index is 2.14. The maximum Gasteiger partial charge on any atom is 0.244 e. The molecule has 8 nitrogen and oxygen atoms in total. The molecule has 0 radical (unpaired) electrons. The lowest BCUT2D eigenvalue weighted by Crippen LogP contribution is -2.42. The number of hydrogen-bond donors (Lipinski definition) is 3. The lowest BCUT2D eigenvalue weighted by molar-refractivity contribution is -0.0504. The SMILES string of the molecule is Nc1ncc2ncn([C@@H]3O[C@H](CO)C(O)[C@]3(F)C#CCl)c2n1. The van der Waals surface area contributed by atoms with Crippen molar-refractivity contribution in [3.8, 4) is 11.3 Å². The highest BCUT2D eigenvalue weighted by molar-refractivity contribution is 6.30. The van der Waals surface area contributed by atoms with E-state index in [0.29, 0.717) is 5.52 Å². The minimum Gasteiger partial charge on any atom is -0.394 e. The van der Waals surface area contributed by atoms with Crippen molar-refractivity contribution >= 4 is 28.7 Å². The van der Waals surface area contributed by atoms with E-state index in [1.165, 1.54) is 17.1 Å². The van der Waals surface area contributed by atoms with E-state index in [0.717, 1.165) is 0 Å². The monoisotopic (exact) mass is 327 g/mol. The Morgan fingerprint density at radius 2 is 2.32 bits per heavy atom. The van der Waals surface area contributed by atoms with Gasteiger partial charge in [0.25, 0.3) is 0 Å². The fourth-order valence-electron chi connectivity index (χ4n) is 2.39. The van der Waals surface area contributed by atoms with Crippen molar-refractivity contribution in [1.29, 1.82) is 0 Å². The van der Waals surface area contributed by atoms with Crippen molar-refractivity contribution < 1.29 is 19.3 Å². The quantitative estimate of drug-likeness (QED) is 0.640. The summed E-state index contributed by atoms with van der Waals surface area (Å²) < 4.78 is 21.7. The first kappa shape index (κ1) is 14.9. The Labute approximate surface area is 128 Å². The molecule has 116 valence electrons. The molecule has 0 aromatic carbocycles. The fourth-order valence-corrected chi connectivity index (χ4v) is 2.53. The smallest absolute Gasteiger partial charge is 0.244 e. The summed E-state index contributed by atoms with van der Waals surface area (Å²) in [5, 5.41) is 21.1. The predicted octanol–water partition coefficient (Wildman–Crippen LogP) is -0.433. The van der Waals surface area contributed by atoms with Crippen LogP contribution in [-0.4, -0.2) is 54.2 Å². The van der Waals surface area contributed by atoms with E-state index >= 15 is 4.39 Å². The van der Waals surface area contributed by atoms with Crippen molar-refractivity contribution in [3.63, 3.8) is 0 Å². The van der Waals surface area contributed by atoms with Gasteiger partial charge in [0.2, 0.25) is 11.6 Å². The largest absolute Gasteiger partial charge is 0.394 e. The lowest BCUT2D eigenvalue weighted by Gasteiger charge is -2.23. The standard InChI is InChI=1S/C12H11ClFN5O3/c13-2-1-12(14)8(21)7(4-20)22-10(12)19-5-17-6-3-16-11(15)18-9(6)19/h3,5,7-8,10,20-21H,4H2,(H2,15,16,18)/t7-,8?,10-,12-/m1/s1. The number of alkyl halides is 1. The number of aromatic nitrogens is 4. The first-order valence-electron chi connectivity index (χ1n) is 6.22. The molecular weight excluding hydrogens is 317 g/mol. The van der Waals surface area contributed by atoms with Gasteiger partial charge in [0.1, 0.15) is 17.7 Å². The van der Waals surface area contributed by atoms with Crippen LogP contribution in [0.25, 0.3) is 11.2 Å². The third kappa shape index (κ3) is 2.08. The van der Waals surface area contributed by atoms with Crippen LogP contribution in [0.15, 0.2) is 12.5 Å². The number of aliphatic hydroxyl groups excluding tert-OH is 2. The van der Waals surface area contributed by atoms with Crippen molar-refractivity contribution in [2.45, 2.75) is 24.1 Å². The number of nitrogens with two attached hydrogens (primary N) is 1. The van der Waals surface area contributed by atoms with Crippen LogP contribution in [0.4, 0.5) is 10.3 Å². The second kappa shape index (κ2) is 5.33. The van der Waals surface area contributed by atoms with E-state index in [1.54, 1.807) is 0 Å². The average molecular weight is 328 g/mol. The predicted molar refractivity (Wildman–Crippen MR) is 74.2 cm³/mol. The molecule has 1 aliphatic rings. The van der Waals surface area contributed by atoms with Gasteiger partial charge < -0.3 is 20.7 Å². The van der Waals surface area contributed by atoms with Gasteiger partial charge in [-0.05, 0) is 17.5 Å². The van der Waals surface area contributed by atoms with Crippen molar-refractivity contribution in [1.82, 2.24) is 19.5 Å². The van der Waals surface area contributed by atoms with Crippen LogP contribution in [0.3, 0.4) is 0 Å². The van der Waals surface area contributed by atoms with Crippen LogP contribution < -0.4 is 5.73 Å². The van der Waals surface area contributed by atoms with E-state index in [9.17, 15) is 10.2 Å². The molecule has 2 aromatic rings. The number of halogens is 2. The molecule has 1 saturated heterocycles. The highest BCUT2D eigenvalue weighted by Crippen LogP contribution is 2.42. The zero-order valence-electron chi connectivity index (χ0n) is 11.0. The normalized spacial score (nSPS) is 31.2. The Morgan fingerprint density at radius 3 is 3.00 bits per heavy atom. The molecule has 3 heterocycles. The van der Waals surface area contributed by atoms with Crippen LogP contribution in [0, 0.1) is 11.3 Å². The molecule has 0 bridgehead atoms. The van der Waals surface area contributed by atoms with Crippen LogP contribution in [0.2, 0.25) is 0 Å². The number of aliphatic hydroxyl groups is 2. The highest BCUT2D eigenvalue weighted by Gasteiger charge is 2.58. The average Bonchev–Trinajstić information content (AvgIpc) is 3.00. The minimum absolute atomic E-state index is 0.0283. The van der Waals surface area contributed by atoms with E-state index < -0.39 is 30.7 Å². The summed E-state index contributed by atoms with van der Waals surface area (Å²) in [5.41, 5.74) is 3.55. The van der Waals surface area contributed by atoms with Gasteiger partial charge in [-0.25, -0.2) is 14.4 Å². The van der Waals surface area contributed by atoms with Gasteiger partial charge in [-0.3, -0.25) is 4.57 Å². The third-order valence-electron chi connectivity index (χ3n) is 3.45. The van der Waals surface area contributed by atoms with Gasteiger partial charge in [-0.2, -0.15) is 4.98 Å². The topological polar surface area (TPSA) is 119 Å². The molecule has 1 aliphatic heterocycles. The fraction of sp³-hybridized carbons (Fsp3) is 0.417. The zero-order chi connectivity index (χ0) is 15.9. The molecular formula is C12H11ClFN5O3. The van der Waals surface area contributed by atoms with Crippen LogP contribution >= 0.6 is 11.6 Å². The van der Waals surface area contributed by atoms with Crippen LogP contribution in [0.5, 0.6) is 0 Å². The number of hydrogen-bond acceptors (Lipinski definition) is 7. The first-order chi connectivity index (χ1) is 10.5. The Kier molecular flexibility index (Phi) is 3.62. The van der Waals surface area contributed by atoms with Crippen LogP contribution in [0.1, 0.15) is 6.23 Å². The number of anilines is 1. The lowest BCUT2D eigenvalue weighted by atomic mass is 9.97. The van der Waals surface area contributed by atoms with Crippen molar-refractivity contribution in [2.24, 2.45) is 0 Å². The minimum atomic E-state index is -2.54. The summed E-state index contributed by atoms with van der Waals surface area (Å²) >= 11 is 5.30. The van der Waals surface area contributed by atoms with Gasteiger partial charge in [-0.15, -0.1) is 0 Å². The summed E-state index contributed by atoms with van der Waals surface area (Å²) in [4.78, 5) is 11.8. The molecule has 4 atom stereocenters. The summed E-state index contributed by atoms with van der Waals surface area (Å²) in [6.45, 7) is -0.586. The maximum absolute atomic E-state index is 15.1. The second-order valence-corrected chi connectivity index (χ2v) is 4.92. The van der Waals surface area contributed by atoms with E-state index in [4.69, 9.17) is 22.1 Å². The van der Waals surface area contributed by atoms with Crippen molar-refractivity contribution in [2.75, 3.05) is 12.3 Å². The molecule has 3 rings (SSSR count). The van der Waals surface area contributed by atoms with Gasteiger partial charge in [0.15, 0.2) is 11.9 Å². The van der Waals surface area contributed by atoms with Gasteiger partial charge in [-0.1, -0.05) is 0 Å². The molecule has 2 aromatic heterocycles. The zero-order valence-corrected chi connectivity index (χ0v) is 11.8. The summed E-state index contributed by atoms with van der Waals surface area (Å²) in [6.07, 6.45) is -1.61. The Morgan fingerprint density at radius 1 is 1.55 bits per heavy atom. The molecule has 0 saturated carbocycles. The number of nitrogens with zero attached hydrogens (tertiary/aromatic N) is 4. The second-order valence-electron chi connectivity index (χ2n) is 4.73. The maximum atomic E-state index is 15.1. The molecule has 1 unspecified atom stereocenters. The number of imidazole rings is 1.